The number of nitrogens with zero attached hydrogens (tertiary/aromatic N) is 1. The Morgan fingerprint density at radius 3 is 2.41 bits per heavy atom. The molecule has 0 radical (unpaired) electrons. The van der Waals surface area contributed by atoms with Gasteiger partial charge in [0.05, 0.1) is 13.2 Å². The van der Waals surface area contributed by atoms with E-state index in [4.69, 9.17) is 4.74 Å². The maximum atomic E-state index is 5.71. The van der Waals surface area contributed by atoms with E-state index in [-0.39, 0.29) is 0 Å². The topological polar surface area (TPSA) is 12.5 Å². The molecule has 2 heteroatoms. The molecule has 0 N–H and O–H groups in total. The molecule has 0 aromatic heterocycles. The minimum Gasteiger partial charge on any atom is -0.375 e. The first-order valence-corrected chi connectivity index (χ1v) is 6.59. The van der Waals surface area contributed by atoms with Crippen LogP contribution in [0.25, 0.3) is 0 Å². The summed E-state index contributed by atoms with van der Waals surface area (Å²) in [6, 6.07) is 10.4. The lowest BCUT2D eigenvalue weighted by Gasteiger charge is -2.15. The molecule has 0 bridgehead atoms. The molecular weight excluding hydrogens is 210 g/mol. The third-order valence-corrected chi connectivity index (χ3v) is 3.73. The molecule has 1 aliphatic heterocycles. The van der Waals surface area contributed by atoms with Crippen LogP contribution in [0.3, 0.4) is 0 Å². The molecule has 17 heavy (non-hydrogen) atoms. The summed E-state index contributed by atoms with van der Waals surface area (Å²) in [6.45, 7) is 9.80. The van der Waals surface area contributed by atoms with Crippen LogP contribution in [0.2, 0.25) is 0 Å². The second-order valence-corrected chi connectivity index (χ2v) is 5.25. The molecule has 94 valence electrons. The van der Waals surface area contributed by atoms with Crippen molar-refractivity contribution in [2.75, 3.05) is 26.2 Å². The van der Waals surface area contributed by atoms with Crippen LogP contribution in [0.15, 0.2) is 30.3 Å². The zero-order valence-electron chi connectivity index (χ0n) is 10.9. The SMILES string of the molecule is CC1CN(CCOCc2ccccc2)CC1C. The summed E-state index contributed by atoms with van der Waals surface area (Å²) in [5.41, 5.74) is 1.26. The van der Waals surface area contributed by atoms with Crippen LogP contribution < -0.4 is 0 Å². The molecular formula is C15H23NO. The maximum Gasteiger partial charge on any atom is 0.0717 e. The highest BCUT2D eigenvalue weighted by Crippen LogP contribution is 2.21. The number of hydrogen-bond acceptors (Lipinski definition) is 2. The lowest BCUT2D eigenvalue weighted by atomic mass is 10.0. The predicted molar refractivity (Wildman–Crippen MR) is 70.9 cm³/mol. The first-order valence-electron chi connectivity index (χ1n) is 6.59. The van der Waals surface area contributed by atoms with Crippen LogP contribution in [-0.2, 0) is 11.3 Å². The zero-order valence-corrected chi connectivity index (χ0v) is 10.9. The number of benzene rings is 1. The Morgan fingerprint density at radius 1 is 1.12 bits per heavy atom. The molecule has 2 rings (SSSR count). The van der Waals surface area contributed by atoms with Gasteiger partial charge in [-0.2, -0.15) is 0 Å². The standard InChI is InChI=1S/C15H23NO/c1-13-10-16(11-14(13)2)8-9-17-12-15-6-4-3-5-7-15/h3-7,13-14H,8-12H2,1-2H3. The molecule has 1 saturated heterocycles. The first-order chi connectivity index (χ1) is 8.25. The van der Waals surface area contributed by atoms with Crippen LogP contribution in [0.1, 0.15) is 19.4 Å². The summed E-state index contributed by atoms with van der Waals surface area (Å²) in [5.74, 6) is 1.67. The largest absolute Gasteiger partial charge is 0.375 e. The van der Waals surface area contributed by atoms with Gasteiger partial charge in [0, 0.05) is 19.6 Å². The third kappa shape index (κ3) is 3.83. The van der Waals surface area contributed by atoms with E-state index in [1.54, 1.807) is 0 Å². The van der Waals surface area contributed by atoms with Crippen LogP contribution in [0.5, 0.6) is 0 Å². The summed E-state index contributed by atoms with van der Waals surface area (Å²) >= 11 is 0. The summed E-state index contributed by atoms with van der Waals surface area (Å²) in [6.07, 6.45) is 0. The van der Waals surface area contributed by atoms with Gasteiger partial charge in [-0.1, -0.05) is 44.2 Å². The van der Waals surface area contributed by atoms with Crippen molar-refractivity contribution in [3.63, 3.8) is 0 Å². The lowest BCUT2D eigenvalue weighted by Crippen LogP contribution is -2.25. The van der Waals surface area contributed by atoms with Crippen molar-refractivity contribution in [3.8, 4) is 0 Å². The van der Waals surface area contributed by atoms with Crippen LogP contribution in [-0.4, -0.2) is 31.1 Å². The van der Waals surface area contributed by atoms with Gasteiger partial charge in [0.1, 0.15) is 0 Å². The fourth-order valence-corrected chi connectivity index (χ4v) is 2.39. The van der Waals surface area contributed by atoms with E-state index in [1.165, 1.54) is 18.7 Å². The van der Waals surface area contributed by atoms with Gasteiger partial charge in [0.15, 0.2) is 0 Å². The Balaban J connectivity index is 1.61. The number of ether oxygens (including phenoxy) is 1. The smallest absolute Gasteiger partial charge is 0.0717 e. The minimum atomic E-state index is 0.736. The second-order valence-electron chi connectivity index (χ2n) is 5.25. The first kappa shape index (κ1) is 12.6. The van der Waals surface area contributed by atoms with Crippen molar-refractivity contribution in [1.82, 2.24) is 4.90 Å². The van der Waals surface area contributed by atoms with Gasteiger partial charge < -0.3 is 9.64 Å². The lowest BCUT2D eigenvalue weighted by molar-refractivity contribution is 0.0979. The van der Waals surface area contributed by atoms with E-state index in [0.717, 1.165) is 31.6 Å². The molecule has 2 unspecified atom stereocenters. The van der Waals surface area contributed by atoms with E-state index in [1.807, 2.05) is 6.07 Å². The van der Waals surface area contributed by atoms with E-state index in [9.17, 15) is 0 Å². The van der Waals surface area contributed by atoms with Gasteiger partial charge in [-0.3, -0.25) is 0 Å². The molecule has 0 saturated carbocycles. The van der Waals surface area contributed by atoms with Gasteiger partial charge in [-0.15, -0.1) is 0 Å². The van der Waals surface area contributed by atoms with E-state index >= 15 is 0 Å². The van der Waals surface area contributed by atoms with Crippen molar-refractivity contribution in [3.05, 3.63) is 35.9 Å². The van der Waals surface area contributed by atoms with Gasteiger partial charge in [0.2, 0.25) is 0 Å². The van der Waals surface area contributed by atoms with Crippen molar-refractivity contribution in [2.45, 2.75) is 20.5 Å². The molecule has 0 spiro atoms. The van der Waals surface area contributed by atoms with Crippen LogP contribution >= 0.6 is 0 Å². The Kier molecular flexibility index (Phi) is 4.57. The average Bonchev–Trinajstić information content (AvgIpc) is 2.66. The van der Waals surface area contributed by atoms with Gasteiger partial charge in [-0.25, -0.2) is 0 Å². The molecule has 1 aliphatic rings. The highest BCUT2D eigenvalue weighted by Gasteiger charge is 2.25. The highest BCUT2D eigenvalue weighted by molar-refractivity contribution is 5.13. The van der Waals surface area contributed by atoms with Crippen molar-refractivity contribution < 1.29 is 4.74 Å². The molecule has 1 fully saturated rings. The fraction of sp³-hybridized carbons (Fsp3) is 0.600. The Morgan fingerprint density at radius 2 is 1.76 bits per heavy atom. The minimum absolute atomic E-state index is 0.736. The van der Waals surface area contributed by atoms with E-state index < -0.39 is 0 Å². The Hall–Kier alpha value is -0.860. The molecule has 0 aliphatic carbocycles. The predicted octanol–water partition coefficient (Wildman–Crippen LogP) is 2.79. The molecule has 2 nitrogen and oxygen atoms in total. The van der Waals surface area contributed by atoms with Crippen LogP contribution in [0.4, 0.5) is 0 Å². The van der Waals surface area contributed by atoms with E-state index in [2.05, 4.69) is 43.0 Å². The average molecular weight is 233 g/mol. The van der Waals surface area contributed by atoms with Crippen molar-refractivity contribution in [2.24, 2.45) is 11.8 Å². The van der Waals surface area contributed by atoms with Crippen molar-refractivity contribution in [1.29, 1.82) is 0 Å². The van der Waals surface area contributed by atoms with Gasteiger partial charge >= 0.3 is 0 Å². The second kappa shape index (κ2) is 6.18. The molecule has 2 atom stereocenters. The molecule has 1 heterocycles. The monoisotopic (exact) mass is 233 g/mol. The fourth-order valence-electron chi connectivity index (χ4n) is 2.39. The summed E-state index contributed by atoms with van der Waals surface area (Å²) < 4.78 is 5.71. The number of hydrogen-bond donors (Lipinski definition) is 0. The Bertz CT molecular complexity index is 315. The molecule has 0 amide bonds. The normalized spacial score (nSPS) is 25.3. The van der Waals surface area contributed by atoms with Gasteiger partial charge in [0.25, 0.3) is 0 Å². The Labute approximate surface area is 105 Å². The summed E-state index contributed by atoms with van der Waals surface area (Å²) in [5, 5.41) is 0. The molecule has 1 aromatic rings. The quantitative estimate of drug-likeness (QED) is 0.725. The van der Waals surface area contributed by atoms with E-state index in [0.29, 0.717) is 0 Å². The maximum absolute atomic E-state index is 5.71. The number of likely N-dealkylation sites (tertiary alicyclic amines) is 1. The summed E-state index contributed by atoms with van der Waals surface area (Å²) in [4.78, 5) is 2.51. The summed E-state index contributed by atoms with van der Waals surface area (Å²) in [7, 11) is 0. The zero-order chi connectivity index (χ0) is 12.1. The number of rotatable bonds is 5. The van der Waals surface area contributed by atoms with Crippen LogP contribution in [0, 0.1) is 11.8 Å². The molecule has 1 aromatic carbocycles. The van der Waals surface area contributed by atoms with Gasteiger partial charge in [-0.05, 0) is 17.4 Å². The van der Waals surface area contributed by atoms with Crippen molar-refractivity contribution >= 4 is 0 Å². The third-order valence-electron chi connectivity index (χ3n) is 3.73. The highest BCUT2D eigenvalue weighted by atomic mass is 16.5.